The third-order valence-corrected chi connectivity index (χ3v) is 4.60. The van der Waals surface area contributed by atoms with Gasteiger partial charge in [-0.25, -0.2) is 15.0 Å². The van der Waals surface area contributed by atoms with Gasteiger partial charge in [0, 0.05) is 38.7 Å². The van der Waals surface area contributed by atoms with Crippen LogP contribution in [0.5, 0.6) is 0 Å². The van der Waals surface area contributed by atoms with Crippen LogP contribution in [0.25, 0.3) is 0 Å². The van der Waals surface area contributed by atoms with Crippen molar-refractivity contribution in [2.45, 2.75) is 32.9 Å². The average Bonchev–Trinajstić information content (AvgIpc) is 3.11. The molecule has 0 amide bonds. The fourth-order valence-electron chi connectivity index (χ4n) is 3.20. The van der Waals surface area contributed by atoms with Crippen LogP contribution >= 0.6 is 24.0 Å². The second-order valence-electron chi connectivity index (χ2n) is 6.29. The summed E-state index contributed by atoms with van der Waals surface area (Å²) >= 11 is 0. The van der Waals surface area contributed by atoms with E-state index in [0.717, 1.165) is 37.0 Å². The first kappa shape index (κ1) is 19.6. The van der Waals surface area contributed by atoms with Crippen LogP contribution in [0.3, 0.4) is 0 Å². The Morgan fingerprint density at radius 2 is 2.24 bits per heavy atom. The lowest BCUT2D eigenvalue weighted by Crippen LogP contribution is -2.48. The molecule has 0 aliphatic carbocycles. The molecule has 3 rings (SSSR count). The Bertz CT molecular complexity index is 686. The molecule has 0 aromatic carbocycles. The summed E-state index contributed by atoms with van der Waals surface area (Å²) < 4.78 is 2.21. The maximum absolute atomic E-state index is 4.45. The largest absolute Gasteiger partial charge is 0.351 e. The fourth-order valence-corrected chi connectivity index (χ4v) is 3.20. The summed E-state index contributed by atoms with van der Waals surface area (Å²) in [7, 11) is 1.83. The molecule has 0 bridgehead atoms. The Morgan fingerprint density at radius 3 is 2.92 bits per heavy atom. The van der Waals surface area contributed by atoms with Crippen molar-refractivity contribution in [3.8, 4) is 0 Å². The topological polar surface area (TPSA) is 71.2 Å². The van der Waals surface area contributed by atoms with Gasteiger partial charge >= 0.3 is 0 Å². The van der Waals surface area contributed by atoms with Crippen molar-refractivity contribution in [3.63, 3.8) is 0 Å². The second-order valence-corrected chi connectivity index (χ2v) is 6.29. The van der Waals surface area contributed by atoms with Crippen LogP contribution in [0.1, 0.15) is 30.9 Å². The van der Waals surface area contributed by atoms with Crippen LogP contribution in [-0.4, -0.2) is 50.5 Å². The molecule has 25 heavy (non-hydrogen) atoms. The molecule has 136 valence electrons. The summed E-state index contributed by atoms with van der Waals surface area (Å²) in [6, 6.07) is 2.35. The normalized spacial score (nSPS) is 20.9. The van der Waals surface area contributed by atoms with Crippen molar-refractivity contribution < 1.29 is 0 Å². The van der Waals surface area contributed by atoms with Gasteiger partial charge in [0.2, 0.25) is 0 Å². The summed E-state index contributed by atoms with van der Waals surface area (Å²) in [5.74, 6) is 2.33. The number of hydrogen-bond donors (Lipinski definition) is 1. The molecule has 2 aromatic heterocycles. The van der Waals surface area contributed by atoms with Crippen molar-refractivity contribution in [1.82, 2.24) is 29.7 Å². The van der Waals surface area contributed by atoms with Gasteiger partial charge in [-0.3, -0.25) is 4.99 Å². The summed E-state index contributed by atoms with van der Waals surface area (Å²) in [4.78, 5) is 19.5. The zero-order valence-corrected chi connectivity index (χ0v) is 17.3. The molecule has 1 N–H and O–H groups in total. The van der Waals surface area contributed by atoms with E-state index in [1.807, 2.05) is 38.8 Å². The summed E-state index contributed by atoms with van der Waals surface area (Å²) in [5.41, 5.74) is 0.972. The predicted molar refractivity (Wildman–Crippen MR) is 109 cm³/mol. The van der Waals surface area contributed by atoms with Gasteiger partial charge in [-0.15, -0.1) is 24.0 Å². The maximum Gasteiger partial charge on any atom is 0.194 e. The summed E-state index contributed by atoms with van der Waals surface area (Å²) in [5, 5.41) is 3.42. The Balaban J connectivity index is 0.00000225. The van der Waals surface area contributed by atoms with Crippen LogP contribution in [0.2, 0.25) is 0 Å². The van der Waals surface area contributed by atoms with E-state index in [-0.39, 0.29) is 24.0 Å². The van der Waals surface area contributed by atoms with E-state index in [1.54, 1.807) is 6.20 Å². The predicted octanol–water partition coefficient (Wildman–Crippen LogP) is 2.26. The third-order valence-electron chi connectivity index (χ3n) is 4.60. The van der Waals surface area contributed by atoms with E-state index in [4.69, 9.17) is 0 Å². The number of likely N-dealkylation sites (tertiary alicyclic amines) is 1. The lowest BCUT2D eigenvalue weighted by Gasteiger charge is -2.39. The molecule has 2 unspecified atom stereocenters. The van der Waals surface area contributed by atoms with Gasteiger partial charge in [0.15, 0.2) is 5.96 Å². The lowest BCUT2D eigenvalue weighted by molar-refractivity contribution is 0.189. The summed E-state index contributed by atoms with van der Waals surface area (Å²) in [6.45, 7) is 6.80. The quantitative estimate of drug-likeness (QED) is 0.437. The number of hydrogen-bond acceptors (Lipinski definition) is 4. The van der Waals surface area contributed by atoms with E-state index in [2.05, 4.69) is 41.7 Å². The van der Waals surface area contributed by atoms with Crippen LogP contribution in [0.15, 0.2) is 36.0 Å². The molecule has 0 spiro atoms. The van der Waals surface area contributed by atoms with Crippen molar-refractivity contribution in [2.24, 2.45) is 10.9 Å². The standard InChI is InChI=1S/C17H25N7.HI/c1-13-5-8-23(11-16(13)24-9-7-19-12-24)17(18-3)21-10-15-4-6-20-14(2)22-15;/h4,6-7,9,12-13,16H,5,8,10-11H2,1-3H3,(H,18,21);1H. The minimum Gasteiger partial charge on any atom is -0.351 e. The van der Waals surface area contributed by atoms with Crippen LogP contribution in [0.4, 0.5) is 0 Å². The van der Waals surface area contributed by atoms with Gasteiger partial charge < -0.3 is 14.8 Å². The number of nitrogens with one attached hydrogen (secondary N) is 1. The zero-order chi connectivity index (χ0) is 16.9. The van der Waals surface area contributed by atoms with Gasteiger partial charge in [0.05, 0.1) is 24.6 Å². The van der Waals surface area contributed by atoms with Crippen LogP contribution in [0, 0.1) is 12.8 Å². The van der Waals surface area contributed by atoms with Gasteiger partial charge in [0.25, 0.3) is 0 Å². The molecule has 7 nitrogen and oxygen atoms in total. The number of aliphatic imine (C=N–C) groups is 1. The van der Waals surface area contributed by atoms with Crippen molar-refractivity contribution in [1.29, 1.82) is 0 Å². The summed E-state index contributed by atoms with van der Waals surface area (Å²) in [6.07, 6.45) is 8.72. The molecule has 1 aliphatic heterocycles. The highest BCUT2D eigenvalue weighted by atomic mass is 127. The molecule has 8 heteroatoms. The molecular formula is C17H26IN7. The Morgan fingerprint density at radius 1 is 1.40 bits per heavy atom. The number of nitrogens with zero attached hydrogens (tertiary/aromatic N) is 6. The highest BCUT2D eigenvalue weighted by Gasteiger charge is 2.28. The smallest absolute Gasteiger partial charge is 0.194 e. The van der Waals surface area contributed by atoms with E-state index >= 15 is 0 Å². The number of aromatic nitrogens is 4. The SMILES string of the molecule is CN=C(NCc1ccnc(C)n1)N1CCC(C)C(n2ccnc2)C1.I. The highest BCUT2D eigenvalue weighted by Crippen LogP contribution is 2.27. The van der Waals surface area contributed by atoms with Gasteiger partial charge in [-0.2, -0.15) is 0 Å². The van der Waals surface area contributed by atoms with E-state index < -0.39 is 0 Å². The Hall–Kier alpha value is -1.71. The molecule has 1 fully saturated rings. The lowest BCUT2D eigenvalue weighted by atomic mass is 9.93. The molecule has 2 atom stereocenters. The van der Waals surface area contributed by atoms with Crippen molar-refractivity contribution in [2.75, 3.05) is 20.1 Å². The first-order valence-electron chi connectivity index (χ1n) is 8.39. The Labute approximate surface area is 166 Å². The van der Waals surface area contributed by atoms with Crippen LogP contribution in [-0.2, 0) is 6.54 Å². The van der Waals surface area contributed by atoms with Crippen molar-refractivity contribution >= 4 is 29.9 Å². The minimum absolute atomic E-state index is 0. The van der Waals surface area contributed by atoms with Gasteiger partial charge in [-0.1, -0.05) is 6.92 Å². The van der Waals surface area contributed by atoms with E-state index in [0.29, 0.717) is 18.5 Å². The molecule has 1 saturated heterocycles. The molecule has 0 radical (unpaired) electrons. The Kier molecular flexibility index (Phi) is 7.15. The molecule has 0 saturated carbocycles. The number of halogens is 1. The highest BCUT2D eigenvalue weighted by molar-refractivity contribution is 14.0. The molecule has 1 aliphatic rings. The molecule has 2 aromatic rings. The molecular weight excluding hydrogens is 429 g/mol. The first-order valence-corrected chi connectivity index (χ1v) is 8.39. The van der Waals surface area contributed by atoms with Crippen LogP contribution < -0.4 is 5.32 Å². The van der Waals surface area contributed by atoms with E-state index in [9.17, 15) is 0 Å². The fraction of sp³-hybridized carbons (Fsp3) is 0.529. The first-order chi connectivity index (χ1) is 11.7. The number of piperidine rings is 1. The zero-order valence-electron chi connectivity index (χ0n) is 15.0. The number of rotatable bonds is 3. The minimum atomic E-state index is 0. The number of guanidine groups is 1. The monoisotopic (exact) mass is 455 g/mol. The van der Waals surface area contributed by atoms with Gasteiger partial charge in [0.1, 0.15) is 5.82 Å². The third kappa shape index (κ3) is 4.90. The van der Waals surface area contributed by atoms with Crippen molar-refractivity contribution in [3.05, 3.63) is 42.5 Å². The number of aryl methyl sites for hydroxylation is 1. The van der Waals surface area contributed by atoms with E-state index in [1.165, 1.54) is 0 Å². The number of imidazole rings is 1. The maximum atomic E-state index is 4.45. The second kappa shape index (κ2) is 9.12. The molecule has 3 heterocycles. The van der Waals surface area contributed by atoms with Gasteiger partial charge in [-0.05, 0) is 25.3 Å². The average molecular weight is 455 g/mol.